The number of halogens is 4. The molecule has 7 heteroatoms. The summed E-state index contributed by atoms with van der Waals surface area (Å²) >= 11 is 2.84. The van der Waals surface area contributed by atoms with Gasteiger partial charge >= 0.3 is 6.18 Å². The topological polar surface area (TPSA) is 40.5 Å². The van der Waals surface area contributed by atoms with Gasteiger partial charge in [0.25, 0.3) is 5.91 Å². The third-order valence-corrected chi connectivity index (χ3v) is 3.65. The van der Waals surface area contributed by atoms with Crippen LogP contribution in [0.3, 0.4) is 0 Å². The first-order valence-electron chi connectivity index (χ1n) is 6.58. The number of aliphatic hydroxyl groups is 1. The second kappa shape index (κ2) is 7.79. The number of carbonyl (C=O) groups is 1. The number of benzene rings is 1. The van der Waals surface area contributed by atoms with Crippen molar-refractivity contribution in [2.75, 3.05) is 19.7 Å². The molecule has 1 amide bonds. The van der Waals surface area contributed by atoms with Gasteiger partial charge in [-0.25, -0.2) is 0 Å². The third-order valence-electron chi connectivity index (χ3n) is 2.96. The average molecular weight is 368 g/mol. The number of rotatable bonds is 6. The second-order valence-electron chi connectivity index (χ2n) is 4.56. The third kappa shape index (κ3) is 5.00. The van der Waals surface area contributed by atoms with E-state index in [0.717, 1.165) is 18.9 Å². The van der Waals surface area contributed by atoms with E-state index in [1.54, 1.807) is 0 Å². The number of aliphatic hydroxyl groups excluding tert-OH is 1. The highest BCUT2D eigenvalue weighted by atomic mass is 79.9. The Morgan fingerprint density at radius 3 is 2.52 bits per heavy atom. The van der Waals surface area contributed by atoms with E-state index in [4.69, 9.17) is 5.11 Å². The smallest absolute Gasteiger partial charge is 0.395 e. The van der Waals surface area contributed by atoms with Crippen molar-refractivity contribution in [2.24, 2.45) is 0 Å². The van der Waals surface area contributed by atoms with Gasteiger partial charge in [-0.3, -0.25) is 4.79 Å². The molecule has 0 radical (unpaired) electrons. The van der Waals surface area contributed by atoms with Crippen LogP contribution < -0.4 is 0 Å². The summed E-state index contributed by atoms with van der Waals surface area (Å²) in [5, 5.41) is 8.98. The predicted octanol–water partition coefficient (Wildman–Crippen LogP) is 3.70. The van der Waals surface area contributed by atoms with Crippen LogP contribution in [0, 0.1) is 0 Å². The van der Waals surface area contributed by atoms with Gasteiger partial charge in [-0.15, -0.1) is 0 Å². The Hall–Kier alpha value is -1.08. The molecule has 0 aliphatic carbocycles. The highest BCUT2D eigenvalue weighted by Crippen LogP contribution is 2.35. The molecule has 0 aliphatic heterocycles. The molecule has 0 unspecified atom stereocenters. The minimum atomic E-state index is -4.53. The SMILES string of the molecule is CCCCN(CCO)C(=O)c1ccc(Br)c(C(F)(F)F)c1. The molecule has 0 spiro atoms. The van der Waals surface area contributed by atoms with Crippen LogP contribution in [-0.4, -0.2) is 35.6 Å². The number of carbonyl (C=O) groups excluding carboxylic acids is 1. The van der Waals surface area contributed by atoms with Crippen LogP contribution in [0.15, 0.2) is 22.7 Å². The number of nitrogens with zero attached hydrogens (tertiary/aromatic N) is 1. The normalized spacial score (nSPS) is 11.5. The molecule has 0 aliphatic rings. The van der Waals surface area contributed by atoms with Gasteiger partial charge < -0.3 is 10.0 Å². The lowest BCUT2D eigenvalue weighted by Crippen LogP contribution is -2.34. The van der Waals surface area contributed by atoms with Crippen molar-refractivity contribution in [3.8, 4) is 0 Å². The molecule has 0 bridgehead atoms. The summed E-state index contributed by atoms with van der Waals surface area (Å²) < 4.78 is 38.4. The zero-order chi connectivity index (χ0) is 16.0. The molecule has 0 saturated carbocycles. The van der Waals surface area contributed by atoms with Gasteiger partial charge in [-0.2, -0.15) is 13.2 Å². The maximum absolute atomic E-state index is 12.8. The van der Waals surface area contributed by atoms with Gasteiger partial charge in [-0.1, -0.05) is 29.3 Å². The number of unbranched alkanes of at least 4 members (excludes halogenated alkanes) is 1. The summed E-state index contributed by atoms with van der Waals surface area (Å²) in [5.74, 6) is -0.504. The van der Waals surface area contributed by atoms with E-state index in [9.17, 15) is 18.0 Å². The van der Waals surface area contributed by atoms with E-state index in [1.165, 1.54) is 17.0 Å². The standard InChI is InChI=1S/C14H17BrF3NO2/c1-2-3-6-19(7-8-20)13(21)10-4-5-12(15)11(9-10)14(16,17)18/h4-5,9,20H,2-3,6-8H2,1H3. The molecule has 0 fully saturated rings. The molecule has 1 N–H and O–H groups in total. The van der Waals surface area contributed by atoms with Crippen LogP contribution in [0.4, 0.5) is 13.2 Å². The van der Waals surface area contributed by atoms with Crippen LogP contribution in [0.2, 0.25) is 0 Å². The molecule has 0 saturated heterocycles. The average Bonchev–Trinajstić information content (AvgIpc) is 2.42. The minimum Gasteiger partial charge on any atom is -0.395 e. The first-order chi connectivity index (χ1) is 9.81. The predicted molar refractivity (Wildman–Crippen MR) is 77.0 cm³/mol. The van der Waals surface area contributed by atoms with Crippen molar-refractivity contribution < 1.29 is 23.1 Å². The summed E-state index contributed by atoms with van der Waals surface area (Å²) in [5.41, 5.74) is -0.914. The summed E-state index contributed by atoms with van der Waals surface area (Å²) in [6.07, 6.45) is -2.95. The molecular formula is C14H17BrF3NO2. The van der Waals surface area contributed by atoms with Crippen molar-refractivity contribution in [1.82, 2.24) is 4.90 Å². The largest absolute Gasteiger partial charge is 0.417 e. The molecule has 0 atom stereocenters. The Morgan fingerprint density at radius 1 is 1.33 bits per heavy atom. The number of amides is 1. The first-order valence-corrected chi connectivity index (χ1v) is 7.37. The maximum atomic E-state index is 12.8. The zero-order valence-electron chi connectivity index (χ0n) is 11.6. The number of hydrogen-bond donors (Lipinski definition) is 1. The van der Waals surface area contributed by atoms with Gasteiger partial charge in [0.2, 0.25) is 0 Å². The van der Waals surface area contributed by atoms with Gasteiger partial charge in [0.1, 0.15) is 0 Å². The fraction of sp³-hybridized carbons (Fsp3) is 0.500. The van der Waals surface area contributed by atoms with E-state index >= 15 is 0 Å². The molecule has 1 aromatic carbocycles. The quantitative estimate of drug-likeness (QED) is 0.832. The van der Waals surface area contributed by atoms with Gasteiger partial charge in [0.15, 0.2) is 0 Å². The van der Waals surface area contributed by atoms with E-state index in [1.807, 2.05) is 6.92 Å². The minimum absolute atomic E-state index is 0.0323. The van der Waals surface area contributed by atoms with Gasteiger partial charge in [-0.05, 0) is 24.6 Å². The van der Waals surface area contributed by atoms with Crippen LogP contribution >= 0.6 is 15.9 Å². The molecule has 1 aromatic rings. The van der Waals surface area contributed by atoms with Crippen molar-refractivity contribution in [3.05, 3.63) is 33.8 Å². The summed E-state index contributed by atoms with van der Waals surface area (Å²) in [6, 6.07) is 3.40. The van der Waals surface area contributed by atoms with Crippen molar-refractivity contribution in [3.63, 3.8) is 0 Å². The second-order valence-corrected chi connectivity index (χ2v) is 5.42. The monoisotopic (exact) mass is 367 g/mol. The lowest BCUT2D eigenvalue weighted by Gasteiger charge is -2.22. The first kappa shape index (κ1) is 18.0. The van der Waals surface area contributed by atoms with Gasteiger partial charge in [0, 0.05) is 23.1 Å². The van der Waals surface area contributed by atoms with E-state index in [0.29, 0.717) is 6.54 Å². The van der Waals surface area contributed by atoms with Crippen LogP contribution in [0.1, 0.15) is 35.7 Å². The number of hydrogen-bond acceptors (Lipinski definition) is 2. The van der Waals surface area contributed by atoms with Crippen LogP contribution in [0.25, 0.3) is 0 Å². The Bertz CT molecular complexity index is 492. The molecule has 0 aromatic heterocycles. The fourth-order valence-corrected chi connectivity index (χ4v) is 2.31. The Balaban J connectivity index is 3.05. The maximum Gasteiger partial charge on any atom is 0.417 e. The van der Waals surface area contributed by atoms with Crippen molar-refractivity contribution in [1.29, 1.82) is 0 Å². The molecule has 21 heavy (non-hydrogen) atoms. The molecule has 1 rings (SSSR count). The summed E-state index contributed by atoms with van der Waals surface area (Å²) in [4.78, 5) is 13.6. The Labute approximate surface area is 129 Å². The lowest BCUT2D eigenvalue weighted by molar-refractivity contribution is -0.138. The summed E-state index contributed by atoms with van der Waals surface area (Å²) in [6.45, 7) is 2.24. The molecular weight excluding hydrogens is 351 g/mol. The summed E-state index contributed by atoms with van der Waals surface area (Å²) in [7, 11) is 0. The lowest BCUT2D eigenvalue weighted by atomic mass is 10.1. The highest BCUT2D eigenvalue weighted by Gasteiger charge is 2.34. The van der Waals surface area contributed by atoms with E-state index in [2.05, 4.69) is 15.9 Å². The van der Waals surface area contributed by atoms with E-state index < -0.39 is 17.6 Å². The molecule has 3 nitrogen and oxygen atoms in total. The fourth-order valence-electron chi connectivity index (χ4n) is 1.84. The Morgan fingerprint density at radius 2 is 2.00 bits per heavy atom. The van der Waals surface area contributed by atoms with Crippen molar-refractivity contribution >= 4 is 21.8 Å². The molecule has 118 valence electrons. The van der Waals surface area contributed by atoms with Crippen molar-refractivity contribution in [2.45, 2.75) is 25.9 Å². The number of alkyl halides is 3. The van der Waals surface area contributed by atoms with Crippen LogP contribution in [-0.2, 0) is 6.18 Å². The van der Waals surface area contributed by atoms with Crippen LogP contribution in [0.5, 0.6) is 0 Å². The highest BCUT2D eigenvalue weighted by molar-refractivity contribution is 9.10. The van der Waals surface area contributed by atoms with E-state index in [-0.39, 0.29) is 23.2 Å². The molecule has 0 heterocycles. The van der Waals surface area contributed by atoms with Gasteiger partial charge in [0.05, 0.1) is 12.2 Å². The zero-order valence-corrected chi connectivity index (χ0v) is 13.2. The Kier molecular flexibility index (Phi) is 6.67.